The van der Waals surface area contributed by atoms with Crippen LogP contribution in [0.5, 0.6) is 0 Å². The summed E-state index contributed by atoms with van der Waals surface area (Å²) >= 11 is 20.3. The van der Waals surface area contributed by atoms with Crippen LogP contribution in [0.3, 0.4) is 0 Å². The van der Waals surface area contributed by atoms with Gasteiger partial charge in [-0.2, -0.15) is 11.3 Å². The van der Waals surface area contributed by atoms with E-state index in [1.165, 1.54) is 269 Å². The van der Waals surface area contributed by atoms with Crippen molar-refractivity contribution in [3.63, 3.8) is 0 Å². The van der Waals surface area contributed by atoms with Crippen LogP contribution in [0.4, 0.5) is 0 Å². The number of hydrogen-bond acceptors (Lipinski definition) is 7. The molecule has 70 heavy (non-hydrogen) atoms. The molecule has 5 aromatic heterocycles. The van der Waals surface area contributed by atoms with Gasteiger partial charge >= 0.3 is 24.8 Å². The zero-order valence-corrected chi connectivity index (χ0v) is 52.9. The standard InChI is InChI=1S/C24H36Br2S2.C24H38S2.C12H20S.BHNS/c1-3-5-7-9-11-13-15-19-17-21(27-23(19)25)22-18-20(24(26)28-22)16-14-12-10-8-6-4-2;1-3-5-7-9-11-13-15-21-17-23(25-19-21)24-18-22(20-26-24)16-14-12-10-8-6-4-2;1-2-3-4-5-6-7-8-12-9-10-13-11-12;1-2-3/h17-18H,3-16H2,1-2H3;17-20H,3-16H2,1-2H3;9-11H,2-8H2,1H3;3H. The quantitative estimate of drug-likeness (QED) is 0.0231. The number of halogens is 2. The summed E-state index contributed by atoms with van der Waals surface area (Å²) in [5.74, 6) is 0. The summed E-state index contributed by atoms with van der Waals surface area (Å²) in [7, 11) is 4.34. The number of hydrogen-bond donors (Lipinski definition) is 1. The molecule has 393 valence electrons. The molecule has 0 aliphatic carbocycles. The van der Waals surface area contributed by atoms with Crippen molar-refractivity contribution in [1.29, 1.82) is 0 Å². The molecule has 0 saturated carbocycles. The fourth-order valence-electron chi connectivity index (χ4n) is 8.62. The van der Waals surface area contributed by atoms with Gasteiger partial charge < -0.3 is 0 Å². The number of rotatable bonds is 37. The van der Waals surface area contributed by atoms with E-state index in [2.05, 4.69) is 143 Å². The molecule has 1 radical (unpaired) electrons. The first kappa shape index (κ1) is 65.8. The first-order chi connectivity index (χ1) is 34.3. The summed E-state index contributed by atoms with van der Waals surface area (Å²) in [5.41, 5.74) is 7.62. The van der Waals surface area contributed by atoms with Crippen LogP contribution in [-0.4, -0.2) is 7.64 Å². The molecule has 5 aromatic rings. The second kappa shape index (κ2) is 46.0. The summed E-state index contributed by atoms with van der Waals surface area (Å²) < 4.78 is 5.36. The average Bonchev–Trinajstić information content (AvgIpc) is 4.24. The van der Waals surface area contributed by atoms with Crippen molar-refractivity contribution in [3.05, 3.63) is 87.2 Å². The average molecular weight is 1190 g/mol. The molecule has 0 saturated heterocycles. The van der Waals surface area contributed by atoms with E-state index in [1.807, 2.05) is 56.7 Å². The van der Waals surface area contributed by atoms with E-state index in [9.17, 15) is 0 Å². The van der Waals surface area contributed by atoms with Crippen LogP contribution < -0.4 is 0 Å². The van der Waals surface area contributed by atoms with Crippen molar-refractivity contribution >= 4 is 109 Å². The van der Waals surface area contributed by atoms with Crippen LogP contribution in [0, 0.1) is 0 Å². The summed E-state index contributed by atoms with van der Waals surface area (Å²) in [4.78, 5) is 5.80. The van der Waals surface area contributed by atoms with Gasteiger partial charge in [-0.05, 0) is 176 Å². The summed E-state index contributed by atoms with van der Waals surface area (Å²) in [5, 5.41) is 9.21. The van der Waals surface area contributed by atoms with Gasteiger partial charge in [0.1, 0.15) is 0 Å². The third-order valence-corrected chi connectivity index (χ3v) is 19.9. The fraction of sp³-hybridized carbons (Fsp3) is 0.667. The Hall–Kier alpha value is -0.325. The molecule has 0 atom stereocenters. The van der Waals surface area contributed by atoms with Gasteiger partial charge in [0.25, 0.3) is 0 Å². The van der Waals surface area contributed by atoms with Crippen LogP contribution in [0.2, 0.25) is 0 Å². The molecule has 10 heteroatoms. The van der Waals surface area contributed by atoms with Gasteiger partial charge in [0.05, 0.1) is 7.57 Å². The van der Waals surface area contributed by atoms with Gasteiger partial charge in [-0.15, -0.1) is 45.3 Å². The Labute approximate surface area is 475 Å². The molecule has 0 amide bonds. The van der Waals surface area contributed by atoms with Crippen LogP contribution in [0.25, 0.3) is 19.5 Å². The van der Waals surface area contributed by atoms with Crippen LogP contribution in [0.15, 0.2) is 63.7 Å². The second-order valence-electron chi connectivity index (χ2n) is 19.3. The first-order valence-electron chi connectivity index (χ1n) is 28.1. The molecule has 0 aliphatic heterocycles. The Morgan fingerprint density at radius 1 is 0.400 bits per heavy atom. The number of unbranched alkanes of at least 4 members (excludes halogenated alkanes) is 25. The monoisotopic (exact) mass is 1190 g/mol. The van der Waals surface area contributed by atoms with Crippen molar-refractivity contribution in [1.82, 2.24) is 0 Å². The van der Waals surface area contributed by atoms with Crippen LogP contribution >= 0.6 is 101 Å². The maximum atomic E-state index is 4.34. The van der Waals surface area contributed by atoms with E-state index in [4.69, 9.17) is 0 Å². The third-order valence-electron chi connectivity index (χ3n) is 12.9. The van der Waals surface area contributed by atoms with Crippen molar-refractivity contribution < 1.29 is 0 Å². The number of thiophene rings is 5. The molecule has 0 bridgehead atoms. The van der Waals surface area contributed by atoms with E-state index in [0.29, 0.717) is 0 Å². The molecule has 0 unspecified atom stereocenters. The normalized spacial score (nSPS) is 10.9. The van der Waals surface area contributed by atoms with E-state index >= 15 is 0 Å². The molecular formula is C60H95BBr2NS6. The van der Waals surface area contributed by atoms with Crippen molar-refractivity contribution in [3.8, 4) is 19.5 Å². The Kier molecular flexibility index (Phi) is 43.2. The van der Waals surface area contributed by atoms with Gasteiger partial charge in [-0.25, -0.2) is 0 Å². The van der Waals surface area contributed by atoms with E-state index in [1.54, 1.807) is 11.1 Å². The van der Waals surface area contributed by atoms with Crippen LogP contribution in [-0.2, 0) is 32.1 Å². The Morgan fingerprint density at radius 2 is 0.700 bits per heavy atom. The van der Waals surface area contributed by atoms with Crippen LogP contribution in [0.1, 0.15) is 255 Å². The minimum atomic E-state index is 1.21. The maximum absolute atomic E-state index is 4.34. The second-order valence-corrected chi connectivity index (χ2v) is 26.9. The molecule has 5 rings (SSSR count). The van der Waals surface area contributed by atoms with Gasteiger partial charge in [0.15, 0.2) is 0 Å². The molecule has 0 fully saturated rings. The number of thiol groups is 1. The Balaban J connectivity index is 0.000000370. The predicted molar refractivity (Wildman–Crippen MR) is 338 cm³/mol. The van der Waals surface area contributed by atoms with Gasteiger partial charge in [0, 0.05) is 19.5 Å². The minimum absolute atomic E-state index is 1.21. The molecular weight excluding hydrogens is 1100 g/mol. The molecule has 0 aliphatic rings. The molecule has 5 heterocycles. The first-order valence-corrected chi connectivity index (χ1v) is 34.4. The van der Waals surface area contributed by atoms with Gasteiger partial charge in [-0.3, -0.25) is 0 Å². The fourth-order valence-corrected chi connectivity index (χ4v) is 14.9. The number of aryl methyl sites for hydroxylation is 5. The zero-order chi connectivity index (χ0) is 50.7. The Bertz CT molecular complexity index is 1800. The molecule has 0 spiro atoms. The van der Waals surface area contributed by atoms with Crippen molar-refractivity contribution in [2.45, 2.75) is 259 Å². The summed E-state index contributed by atoms with van der Waals surface area (Å²) in [6.07, 6.45) is 47.7. The Morgan fingerprint density at radius 3 is 1.01 bits per heavy atom. The molecule has 1 nitrogen and oxygen atoms in total. The topological polar surface area (TPSA) is 12.4 Å². The van der Waals surface area contributed by atoms with E-state index in [0.717, 1.165) is 0 Å². The SMILES string of the molecule is CCCCCCCCc1cc(-c2cc(CCCCCCCC)c(Br)s2)sc1Br.CCCCCCCCc1ccsc1.CCCCCCCCc1csc(-c2cc(CCCCCCCC)cs2)c1.[B]=NS. The van der Waals surface area contributed by atoms with Crippen molar-refractivity contribution in [2.75, 3.05) is 0 Å². The summed E-state index contributed by atoms with van der Waals surface area (Å²) in [6.45, 7) is 11.4. The number of nitrogens with zero attached hydrogens (tertiary/aromatic N) is 1. The molecule has 0 N–H and O–H groups in total. The summed E-state index contributed by atoms with van der Waals surface area (Å²) in [6, 6.07) is 12.0. The van der Waals surface area contributed by atoms with Crippen molar-refractivity contribution in [2.24, 2.45) is 4.30 Å². The molecule has 0 aromatic carbocycles. The zero-order valence-electron chi connectivity index (χ0n) is 44.7. The third kappa shape index (κ3) is 32.2. The predicted octanol–water partition coefficient (Wildman–Crippen LogP) is 24.9. The van der Waals surface area contributed by atoms with Gasteiger partial charge in [0.2, 0.25) is 0 Å². The van der Waals surface area contributed by atoms with E-state index < -0.39 is 0 Å². The van der Waals surface area contributed by atoms with Gasteiger partial charge in [-0.1, -0.05) is 195 Å². The van der Waals surface area contributed by atoms with E-state index in [-0.39, 0.29) is 0 Å².